The summed E-state index contributed by atoms with van der Waals surface area (Å²) in [5.41, 5.74) is 1.43. The van der Waals surface area contributed by atoms with E-state index >= 15 is 0 Å². The molecule has 0 atom stereocenters. The first-order chi connectivity index (χ1) is 8.69. The van der Waals surface area contributed by atoms with Crippen molar-refractivity contribution in [3.63, 3.8) is 0 Å². The van der Waals surface area contributed by atoms with E-state index in [2.05, 4.69) is 20.9 Å². The topological polar surface area (TPSA) is 39.2 Å². The largest absolute Gasteiger partial charge is 0.497 e. The van der Waals surface area contributed by atoms with E-state index in [1.54, 1.807) is 37.6 Å². The molecule has 0 saturated heterocycles. The number of carbonyl (C=O) groups excluding carboxylic acids is 1. The van der Waals surface area contributed by atoms with Crippen molar-refractivity contribution < 1.29 is 9.53 Å². The van der Waals surface area contributed by atoms with E-state index in [9.17, 15) is 4.79 Å². The lowest BCUT2D eigenvalue weighted by Crippen LogP contribution is -2.04. The smallest absolute Gasteiger partial charge is 0.168 e. The lowest BCUT2D eigenvalue weighted by Gasteiger charge is -2.03. The van der Waals surface area contributed by atoms with Crippen LogP contribution in [0.15, 0.2) is 47.1 Å². The molecule has 92 valence electrons. The van der Waals surface area contributed by atoms with E-state index in [0.29, 0.717) is 12.0 Å². The van der Waals surface area contributed by atoms with Crippen LogP contribution >= 0.6 is 15.9 Å². The Morgan fingerprint density at radius 2 is 1.94 bits per heavy atom. The molecule has 2 rings (SSSR count). The molecule has 0 radical (unpaired) electrons. The molecule has 0 amide bonds. The maximum atomic E-state index is 12.0. The molecule has 1 aromatic heterocycles. The number of aromatic nitrogens is 1. The summed E-state index contributed by atoms with van der Waals surface area (Å²) in [6, 6.07) is 10.8. The van der Waals surface area contributed by atoms with Crippen molar-refractivity contribution in [1.82, 2.24) is 4.98 Å². The van der Waals surface area contributed by atoms with E-state index in [0.717, 1.165) is 15.9 Å². The highest BCUT2D eigenvalue weighted by Gasteiger charge is 2.08. The van der Waals surface area contributed by atoms with E-state index in [-0.39, 0.29) is 5.78 Å². The molecule has 0 aliphatic carbocycles. The van der Waals surface area contributed by atoms with Gasteiger partial charge in [-0.05, 0) is 52.3 Å². The number of Topliss-reactive ketones (excluding diaryl/α,β-unsaturated/α-hetero) is 1. The van der Waals surface area contributed by atoms with Gasteiger partial charge in [-0.1, -0.05) is 0 Å². The number of hydrogen-bond acceptors (Lipinski definition) is 3. The van der Waals surface area contributed by atoms with Crippen molar-refractivity contribution in [3.05, 3.63) is 58.3 Å². The third-order valence-corrected chi connectivity index (χ3v) is 3.01. The Morgan fingerprint density at radius 1 is 1.22 bits per heavy atom. The van der Waals surface area contributed by atoms with Crippen LogP contribution in [0.5, 0.6) is 5.75 Å². The molecule has 0 unspecified atom stereocenters. The van der Waals surface area contributed by atoms with E-state index in [1.165, 1.54) is 0 Å². The molecular formula is C14H12BrNO2. The fourth-order valence-corrected chi connectivity index (χ4v) is 1.79. The standard InChI is InChI=1S/C14H12BrNO2/c1-18-13-6-2-10(3-7-13)14(17)8-12-5-4-11(15)9-16-12/h2-7,9H,8H2,1H3. The van der Waals surface area contributed by atoms with Crippen LogP contribution in [0.1, 0.15) is 16.1 Å². The number of ether oxygens (including phenoxy) is 1. The lowest BCUT2D eigenvalue weighted by atomic mass is 10.1. The average Bonchev–Trinajstić information content (AvgIpc) is 2.41. The molecular weight excluding hydrogens is 294 g/mol. The van der Waals surface area contributed by atoms with E-state index in [4.69, 9.17) is 4.74 Å². The molecule has 1 aromatic carbocycles. The number of halogens is 1. The summed E-state index contributed by atoms with van der Waals surface area (Å²) in [5, 5.41) is 0. The summed E-state index contributed by atoms with van der Waals surface area (Å²) >= 11 is 3.31. The zero-order valence-electron chi connectivity index (χ0n) is 9.89. The molecule has 3 nitrogen and oxygen atoms in total. The number of methoxy groups -OCH3 is 1. The van der Waals surface area contributed by atoms with Crippen molar-refractivity contribution in [2.45, 2.75) is 6.42 Å². The maximum Gasteiger partial charge on any atom is 0.168 e. The molecule has 0 N–H and O–H groups in total. The van der Waals surface area contributed by atoms with Crippen LogP contribution in [0.25, 0.3) is 0 Å². The molecule has 0 bridgehead atoms. The van der Waals surface area contributed by atoms with Gasteiger partial charge in [-0.25, -0.2) is 0 Å². The number of carbonyl (C=O) groups is 1. The molecule has 2 aromatic rings. The Kier molecular flexibility index (Phi) is 4.10. The Labute approximate surface area is 114 Å². The third kappa shape index (κ3) is 3.17. The zero-order chi connectivity index (χ0) is 13.0. The Bertz CT molecular complexity index is 535. The van der Waals surface area contributed by atoms with Gasteiger partial charge in [0.1, 0.15) is 5.75 Å². The van der Waals surface area contributed by atoms with Gasteiger partial charge >= 0.3 is 0 Å². The van der Waals surface area contributed by atoms with Crippen molar-refractivity contribution in [1.29, 1.82) is 0 Å². The fourth-order valence-electron chi connectivity index (χ4n) is 1.55. The van der Waals surface area contributed by atoms with E-state index < -0.39 is 0 Å². The van der Waals surface area contributed by atoms with Crippen LogP contribution < -0.4 is 4.74 Å². The number of benzene rings is 1. The highest BCUT2D eigenvalue weighted by Crippen LogP contribution is 2.14. The Morgan fingerprint density at radius 3 is 2.50 bits per heavy atom. The summed E-state index contributed by atoms with van der Waals surface area (Å²) in [7, 11) is 1.60. The number of nitrogens with zero attached hydrogens (tertiary/aromatic N) is 1. The zero-order valence-corrected chi connectivity index (χ0v) is 11.5. The van der Waals surface area contributed by atoms with Gasteiger partial charge in [0.2, 0.25) is 0 Å². The number of hydrogen-bond donors (Lipinski definition) is 0. The molecule has 0 fully saturated rings. The number of rotatable bonds is 4. The Balaban J connectivity index is 2.09. The molecule has 0 aliphatic rings. The van der Waals surface area contributed by atoms with Crippen LogP contribution in [0.3, 0.4) is 0 Å². The van der Waals surface area contributed by atoms with E-state index in [1.807, 2.05) is 12.1 Å². The summed E-state index contributed by atoms with van der Waals surface area (Å²) in [5.74, 6) is 0.792. The predicted octanol–water partition coefficient (Wildman–Crippen LogP) is 3.28. The van der Waals surface area contributed by atoms with Gasteiger partial charge in [0, 0.05) is 21.9 Å². The quantitative estimate of drug-likeness (QED) is 0.814. The summed E-state index contributed by atoms with van der Waals surface area (Å²) in [4.78, 5) is 16.2. The summed E-state index contributed by atoms with van der Waals surface area (Å²) in [6.45, 7) is 0. The van der Waals surface area contributed by atoms with Crippen LogP contribution in [0.2, 0.25) is 0 Å². The number of ketones is 1. The third-order valence-electron chi connectivity index (χ3n) is 2.54. The van der Waals surface area contributed by atoms with Crippen LogP contribution in [0, 0.1) is 0 Å². The van der Waals surface area contributed by atoms with Gasteiger partial charge in [-0.3, -0.25) is 9.78 Å². The minimum Gasteiger partial charge on any atom is -0.497 e. The molecule has 0 spiro atoms. The minimum atomic E-state index is 0.0486. The number of pyridine rings is 1. The minimum absolute atomic E-state index is 0.0486. The maximum absolute atomic E-state index is 12.0. The molecule has 1 heterocycles. The normalized spacial score (nSPS) is 10.1. The summed E-state index contributed by atoms with van der Waals surface area (Å²) in [6.07, 6.45) is 2.00. The summed E-state index contributed by atoms with van der Waals surface area (Å²) < 4.78 is 5.96. The molecule has 18 heavy (non-hydrogen) atoms. The molecule has 0 saturated carbocycles. The highest BCUT2D eigenvalue weighted by atomic mass is 79.9. The first-order valence-corrected chi connectivity index (χ1v) is 6.26. The first kappa shape index (κ1) is 12.8. The molecule has 0 aliphatic heterocycles. The van der Waals surface area contributed by atoms with Crippen molar-refractivity contribution >= 4 is 21.7 Å². The van der Waals surface area contributed by atoms with Crippen molar-refractivity contribution in [2.24, 2.45) is 0 Å². The second-order valence-electron chi connectivity index (χ2n) is 3.80. The van der Waals surface area contributed by atoms with Crippen molar-refractivity contribution in [2.75, 3.05) is 7.11 Å². The fraction of sp³-hybridized carbons (Fsp3) is 0.143. The highest BCUT2D eigenvalue weighted by molar-refractivity contribution is 9.10. The molecule has 4 heteroatoms. The van der Waals surface area contributed by atoms with Gasteiger partial charge in [0.25, 0.3) is 0 Å². The van der Waals surface area contributed by atoms with Crippen LogP contribution in [-0.4, -0.2) is 17.9 Å². The Hall–Kier alpha value is -1.68. The SMILES string of the molecule is COc1ccc(C(=O)Cc2ccc(Br)cn2)cc1. The second kappa shape index (κ2) is 5.78. The van der Waals surface area contributed by atoms with Crippen LogP contribution in [-0.2, 0) is 6.42 Å². The predicted molar refractivity (Wildman–Crippen MR) is 73.0 cm³/mol. The van der Waals surface area contributed by atoms with Gasteiger partial charge in [0.15, 0.2) is 5.78 Å². The van der Waals surface area contributed by atoms with Gasteiger partial charge in [-0.15, -0.1) is 0 Å². The average molecular weight is 306 g/mol. The lowest BCUT2D eigenvalue weighted by molar-refractivity contribution is 0.0992. The van der Waals surface area contributed by atoms with Crippen molar-refractivity contribution in [3.8, 4) is 5.75 Å². The van der Waals surface area contributed by atoms with Gasteiger partial charge in [0.05, 0.1) is 13.5 Å². The second-order valence-corrected chi connectivity index (χ2v) is 4.71. The van der Waals surface area contributed by atoms with Crippen LogP contribution in [0.4, 0.5) is 0 Å². The monoisotopic (exact) mass is 305 g/mol. The van der Waals surface area contributed by atoms with Gasteiger partial charge in [-0.2, -0.15) is 0 Å². The first-order valence-electron chi connectivity index (χ1n) is 5.47. The van der Waals surface area contributed by atoms with Gasteiger partial charge < -0.3 is 4.74 Å².